The van der Waals surface area contributed by atoms with Crippen LogP contribution >= 0.6 is 0 Å². The van der Waals surface area contributed by atoms with Crippen molar-refractivity contribution in [2.45, 2.75) is 24.8 Å². The van der Waals surface area contributed by atoms with E-state index in [1.54, 1.807) is 25.4 Å². The normalized spacial score (nSPS) is 24.8. The van der Waals surface area contributed by atoms with E-state index in [0.717, 1.165) is 30.6 Å². The van der Waals surface area contributed by atoms with E-state index in [4.69, 9.17) is 0 Å². The number of aryl methyl sites for hydroxylation is 1. The third kappa shape index (κ3) is 1.86. The number of pyridine rings is 1. The van der Waals surface area contributed by atoms with Crippen LogP contribution in [0.3, 0.4) is 0 Å². The first kappa shape index (κ1) is 14.4. The van der Waals surface area contributed by atoms with Gasteiger partial charge in [-0.2, -0.15) is 0 Å². The first-order valence-electron chi connectivity index (χ1n) is 8.35. The van der Waals surface area contributed by atoms with Gasteiger partial charge < -0.3 is 9.77 Å². The fourth-order valence-corrected chi connectivity index (χ4v) is 4.14. The van der Waals surface area contributed by atoms with E-state index in [9.17, 15) is 10.0 Å². The van der Waals surface area contributed by atoms with Crippen LogP contribution in [0.2, 0.25) is 0 Å². The van der Waals surface area contributed by atoms with E-state index < -0.39 is 0 Å². The summed E-state index contributed by atoms with van der Waals surface area (Å²) >= 11 is 0. The van der Waals surface area contributed by atoms with Crippen LogP contribution in [0.25, 0.3) is 10.8 Å². The van der Waals surface area contributed by atoms with E-state index in [-0.39, 0.29) is 11.1 Å². The summed E-state index contributed by atoms with van der Waals surface area (Å²) in [5.41, 5.74) is 1.55. The molecule has 3 aliphatic rings. The molecule has 7 nitrogen and oxygen atoms in total. The standard InChI is InChI=1S/C18H17N5O2/c1-22-6-5-12-13(3-2-4-14(12)17(22)24)16(20-25)15-10-23(21-19-15)18-7-11(8-18)9-18/h2-6,10-11,25H,7-9H2,1H3/b20-16-. The molecule has 25 heavy (non-hydrogen) atoms. The first-order valence-corrected chi connectivity index (χ1v) is 8.35. The van der Waals surface area contributed by atoms with Gasteiger partial charge >= 0.3 is 0 Å². The van der Waals surface area contributed by atoms with Gasteiger partial charge in [-0.1, -0.05) is 22.5 Å². The van der Waals surface area contributed by atoms with Crippen molar-refractivity contribution in [2.75, 3.05) is 0 Å². The Hall–Kier alpha value is -2.96. The summed E-state index contributed by atoms with van der Waals surface area (Å²) in [6.07, 6.45) is 7.04. The molecule has 0 spiro atoms. The number of benzene rings is 1. The molecule has 2 aromatic heterocycles. The zero-order valence-corrected chi connectivity index (χ0v) is 13.8. The lowest BCUT2D eigenvalue weighted by Gasteiger charge is -2.61. The average molecular weight is 335 g/mol. The van der Waals surface area contributed by atoms with E-state index in [1.165, 1.54) is 4.57 Å². The molecule has 2 bridgehead atoms. The Morgan fingerprint density at radius 2 is 2.08 bits per heavy atom. The zero-order chi connectivity index (χ0) is 17.2. The van der Waals surface area contributed by atoms with Gasteiger partial charge in [-0.15, -0.1) is 5.10 Å². The van der Waals surface area contributed by atoms with Crippen molar-refractivity contribution in [1.82, 2.24) is 19.6 Å². The zero-order valence-electron chi connectivity index (χ0n) is 13.8. The highest BCUT2D eigenvalue weighted by atomic mass is 16.4. The molecule has 3 fully saturated rings. The van der Waals surface area contributed by atoms with Gasteiger partial charge in [0.05, 0.1) is 11.7 Å². The van der Waals surface area contributed by atoms with Crippen molar-refractivity contribution in [3.63, 3.8) is 0 Å². The number of hydrogen-bond acceptors (Lipinski definition) is 5. The molecule has 0 unspecified atom stereocenters. The molecule has 3 aromatic rings. The van der Waals surface area contributed by atoms with Gasteiger partial charge in [0.2, 0.25) is 0 Å². The summed E-state index contributed by atoms with van der Waals surface area (Å²) in [7, 11) is 1.71. The first-order chi connectivity index (χ1) is 12.1. The molecule has 0 amide bonds. The van der Waals surface area contributed by atoms with Crippen molar-refractivity contribution >= 4 is 16.5 Å². The summed E-state index contributed by atoms with van der Waals surface area (Å²) in [4.78, 5) is 12.3. The maximum absolute atomic E-state index is 12.3. The van der Waals surface area contributed by atoms with Gasteiger partial charge in [-0.25, -0.2) is 4.68 Å². The number of rotatable bonds is 3. The molecule has 2 heterocycles. The summed E-state index contributed by atoms with van der Waals surface area (Å²) in [6, 6.07) is 7.24. The topological polar surface area (TPSA) is 85.3 Å². The molecule has 1 N–H and O–H groups in total. The lowest BCUT2D eigenvalue weighted by atomic mass is 9.50. The molecule has 7 heteroatoms. The molecule has 126 valence electrons. The fraction of sp³-hybridized carbons (Fsp3) is 0.333. The Bertz CT molecular complexity index is 1080. The Balaban J connectivity index is 1.63. The van der Waals surface area contributed by atoms with Crippen LogP contribution in [0.15, 0.2) is 46.6 Å². The Morgan fingerprint density at radius 3 is 2.76 bits per heavy atom. The van der Waals surface area contributed by atoms with E-state index in [2.05, 4.69) is 15.5 Å². The minimum atomic E-state index is -0.0887. The number of nitrogens with zero attached hydrogens (tertiary/aromatic N) is 5. The van der Waals surface area contributed by atoms with Crippen LogP contribution in [0.1, 0.15) is 30.5 Å². The van der Waals surface area contributed by atoms with Gasteiger partial charge in [-0.3, -0.25) is 4.79 Å². The Kier molecular flexibility index (Phi) is 2.75. The second-order valence-corrected chi connectivity index (χ2v) is 7.20. The smallest absolute Gasteiger partial charge is 0.258 e. The summed E-state index contributed by atoms with van der Waals surface area (Å²) in [5, 5.41) is 22.9. The highest BCUT2D eigenvalue weighted by Gasteiger charge is 2.58. The molecular weight excluding hydrogens is 318 g/mol. The fourth-order valence-electron chi connectivity index (χ4n) is 4.14. The predicted octanol–water partition coefficient (Wildman–Crippen LogP) is 1.87. The largest absolute Gasteiger partial charge is 0.410 e. The van der Waals surface area contributed by atoms with Crippen molar-refractivity contribution in [3.05, 3.63) is 58.3 Å². The minimum Gasteiger partial charge on any atom is -0.410 e. The van der Waals surface area contributed by atoms with Crippen molar-refractivity contribution in [2.24, 2.45) is 18.1 Å². The van der Waals surface area contributed by atoms with Gasteiger partial charge in [0.25, 0.3) is 5.56 Å². The number of fused-ring (bicyclic) bond motifs is 1. The molecule has 6 rings (SSSR count). The summed E-state index contributed by atoms with van der Waals surface area (Å²) < 4.78 is 3.44. The number of oxime groups is 1. The highest BCUT2D eigenvalue weighted by Crippen LogP contribution is 2.61. The van der Waals surface area contributed by atoms with Gasteiger partial charge in [0.1, 0.15) is 11.4 Å². The van der Waals surface area contributed by atoms with Crippen molar-refractivity contribution in [3.8, 4) is 0 Å². The average Bonchev–Trinajstić information content (AvgIpc) is 2.98. The second-order valence-electron chi connectivity index (χ2n) is 7.20. The second kappa shape index (κ2) is 4.78. The van der Waals surface area contributed by atoms with Gasteiger partial charge in [-0.05, 0) is 42.7 Å². The predicted molar refractivity (Wildman–Crippen MR) is 92.0 cm³/mol. The van der Waals surface area contributed by atoms with Crippen LogP contribution in [-0.2, 0) is 12.6 Å². The van der Waals surface area contributed by atoms with Crippen LogP contribution in [0.4, 0.5) is 0 Å². The van der Waals surface area contributed by atoms with Gasteiger partial charge in [0, 0.05) is 24.2 Å². The van der Waals surface area contributed by atoms with Crippen LogP contribution in [0, 0.1) is 5.92 Å². The van der Waals surface area contributed by atoms with Crippen molar-refractivity contribution in [1.29, 1.82) is 0 Å². The van der Waals surface area contributed by atoms with Crippen molar-refractivity contribution < 1.29 is 5.21 Å². The molecule has 1 aromatic carbocycles. The summed E-state index contributed by atoms with van der Waals surface area (Å²) in [5.74, 6) is 0.841. The van der Waals surface area contributed by atoms with Gasteiger partial charge in [0.15, 0.2) is 0 Å². The number of hydrogen-bond donors (Lipinski definition) is 1. The quantitative estimate of drug-likeness (QED) is 0.450. The molecular formula is C18H17N5O2. The van der Waals surface area contributed by atoms with Crippen LogP contribution in [-0.4, -0.2) is 30.5 Å². The van der Waals surface area contributed by atoms with E-state index >= 15 is 0 Å². The molecule has 0 radical (unpaired) electrons. The minimum absolute atomic E-state index is 0.0887. The third-order valence-electron chi connectivity index (χ3n) is 5.70. The SMILES string of the molecule is Cn1ccc2c(/C(=N/O)c3cn(C45CC(C4)C5)nn3)cccc2c1=O. The molecule has 0 atom stereocenters. The molecule has 3 aliphatic carbocycles. The van der Waals surface area contributed by atoms with Crippen LogP contribution < -0.4 is 5.56 Å². The number of aromatic nitrogens is 4. The molecule has 0 saturated heterocycles. The maximum atomic E-state index is 12.3. The monoisotopic (exact) mass is 335 g/mol. The Morgan fingerprint density at radius 1 is 1.28 bits per heavy atom. The highest BCUT2D eigenvalue weighted by molar-refractivity contribution is 6.18. The Labute approximate surface area is 143 Å². The van der Waals surface area contributed by atoms with E-state index in [0.29, 0.717) is 22.4 Å². The molecule has 3 saturated carbocycles. The lowest BCUT2D eigenvalue weighted by molar-refractivity contribution is -0.0988. The lowest BCUT2D eigenvalue weighted by Crippen LogP contribution is -2.59. The third-order valence-corrected chi connectivity index (χ3v) is 5.70. The maximum Gasteiger partial charge on any atom is 0.258 e. The van der Waals surface area contributed by atoms with Crippen LogP contribution in [0.5, 0.6) is 0 Å². The molecule has 0 aliphatic heterocycles. The van der Waals surface area contributed by atoms with E-state index in [1.807, 2.05) is 23.0 Å². The summed E-state index contributed by atoms with van der Waals surface area (Å²) in [6.45, 7) is 0.